The number of benzene rings is 3. The normalized spacial score (nSPS) is 11.2. The number of carbonyl (C=O) groups excluding carboxylic acids is 1. The first-order valence-electron chi connectivity index (χ1n) is 8.01. The molecule has 0 heterocycles. The summed E-state index contributed by atoms with van der Waals surface area (Å²) in [6.07, 6.45) is 0.390. The topological polar surface area (TPSA) is 26.3 Å². The molecule has 0 amide bonds. The Balaban J connectivity index is 0.00000225. The summed E-state index contributed by atoms with van der Waals surface area (Å²) in [5.41, 5.74) is 0. The Morgan fingerprint density at radius 3 is 1.32 bits per heavy atom. The van der Waals surface area contributed by atoms with Gasteiger partial charge < -0.3 is 0 Å². The molecule has 0 unspecified atom stereocenters. The van der Waals surface area contributed by atoms with Crippen molar-refractivity contribution in [3.8, 4) is 0 Å². The van der Waals surface area contributed by atoms with Gasteiger partial charge in [-0.15, -0.1) is 17.0 Å². The number of hydrogen-bond donors (Lipinski definition) is 0. The molecule has 4 heteroatoms. The molecule has 3 rings (SSSR count). The number of hydrogen-bond acceptors (Lipinski definition) is 2. The summed E-state index contributed by atoms with van der Waals surface area (Å²) in [7, 11) is -1.02. The second-order valence-corrected chi connectivity index (χ2v) is 9.65. The minimum absolute atomic E-state index is 0. The van der Waals surface area contributed by atoms with E-state index in [1.165, 1.54) is 23.0 Å². The van der Waals surface area contributed by atoms with E-state index in [1.54, 1.807) is 0 Å². The Kier molecular flexibility index (Phi) is 6.92. The number of rotatable bonds is 5. The Labute approximate surface area is 160 Å². The Morgan fingerprint density at radius 2 is 1.04 bits per heavy atom. The zero-order valence-electron chi connectivity index (χ0n) is 14.1. The molecule has 0 aromatic heterocycles. The third-order valence-corrected chi connectivity index (χ3v) is 9.21. The van der Waals surface area contributed by atoms with Crippen LogP contribution in [0.5, 0.6) is 0 Å². The zero-order chi connectivity index (χ0) is 16.8. The van der Waals surface area contributed by atoms with Crippen LogP contribution < -0.4 is 15.9 Å². The van der Waals surface area contributed by atoms with E-state index in [1.807, 2.05) is 54.6 Å². The second kappa shape index (κ2) is 8.94. The van der Waals surface area contributed by atoms with Crippen molar-refractivity contribution in [2.45, 2.75) is 0 Å². The van der Waals surface area contributed by atoms with Crippen molar-refractivity contribution in [3.63, 3.8) is 0 Å². The van der Waals surface area contributed by atoms with Crippen molar-refractivity contribution >= 4 is 46.1 Å². The first-order valence-corrected chi connectivity index (χ1v) is 10.2. The van der Waals surface area contributed by atoms with E-state index in [-0.39, 0.29) is 23.0 Å². The van der Waals surface area contributed by atoms with Gasteiger partial charge in [-0.25, -0.2) is 0 Å². The molecule has 0 spiro atoms. The summed E-state index contributed by atoms with van der Waals surface area (Å²) >= 11 is 0. The summed E-state index contributed by atoms with van der Waals surface area (Å²) in [5.74, 6) is -0.168. The van der Waals surface area contributed by atoms with E-state index in [9.17, 15) is 4.79 Å². The SMILES string of the molecule is Br.COC(=O)C[PH](c1ccccc1)(c1ccccc1)c1ccccc1. The summed E-state index contributed by atoms with van der Waals surface area (Å²) < 4.78 is 5.07. The molecule has 0 fully saturated rings. The first-order chi connectivity index (χ1) is 11.8. The van der Waals surface area contributed by atoms with Gasteiger partial charge in [-0.05, 0) is 0 Å². The van der Waals surface area contributed by atoms with Crippen molar-refractivity contribution in [3.05, 3.63) is 91.0 Å². The predicted molar refractivity (Wildman–Crippen MR) is 114 cm³/mol. The van der Waals surface area contributed by atoms with Crippen LogP contribution >= 0.6 is 24.2 Å². The van der Waals surface area contributed by atoms with Gasteiger partial charge >= 0.3 is 143 Å². The van der Waals surface area contributed by atoms with Crippen LogP contribution in [-0.4, -0.2) is 19.2 Å². The summed E-state index contributed by atoms with van der Waals surface area (Å²) in [6.45, 7) is 0. The zero-order valence-corrected chi connectivity index (χ0v) is 16.8. The molecule has 0 bridgehead atoms. The molecule has 0 aliphatic heterocycles. The van der Waals surface area contributed by atoms with Crippen LogP contribution in [0.2, 0.25) is 0 Å². The van der Waals surface area contributed by atoms with Gasteiger partial charge in [0.1, 0.15) is 0 Å². The third kappa shape index (κ3) is 4.00. The maximum atomic E-state index is 12.4. The van der Waals surface area contributed by atoms with Gasteiger partial charge in [0.2, 0.25) is 0 Å². The Bertz CT molecular complexity index is 695. The van der Waals surface area contributed by atoms with Crippen molar-refractivity contribution in [1.82, 2.24) is 0 Å². The van der Waals surface area contributed by atoms with Gasteiger partial charge in [0, 0.05) is 0 Å². The standard InChI is InChI=1S/C21H21O2P.BrH/c1-23-21(22)17-24(18-11-5-2-6-12-18,19-13-7-3-8-14-19)20-15-9-4-10-16-20;/h2-16,24H,17H2,1H3;1H. The number of carbonyl (C=O) groups is 1. The van der Waals surface area contributed by atoms with Crippen molar-refractivity contribution < 1.29 is 9.53 Å². The van der Waals surface area contributed by atoms with Gasteiger partial charge in [-0.1, -0.05) is 0 Å². The molecule has 130 valence electrons. The predicted octanol–water partition coefficient (Wildman–Crippen LogP) is 3.46. The summed E-state index contributed by atoms with van der Waals surface area (Å²) in [6, 6.07) is 31.1. The van der Waals surface area contributed by atoms with E-state index in [4.69, 9.17) is 4.74 Å². The molecular formula is C21H22BrO2P. The fourth-order valence-electron chi connectivity index (χ4n) is 3.26. The van der Waals surface area contributed by atoms with E-state index >= 15 is 0 Å². The van der Waals surface area contributed by atoms with Gasteiger partial charge in [-0.3, -0.25) is 0 Å². The van der Waals surface area contributed by atoms with Crippen LogP contribution in [0.3, 0.4) is 0 Å². The van der Waals surface area contributed by atoms with Gasteiger partial charge in [-0.2, -0.15) is 0 Å². The average Bonchev–Trinajstić information content (AvgIpc) is 2.68. The Morgan fingerprint density at radius 1 is 0.720 bits per heavy atom. The molecule has 0 aliphatic rings. The molecule has 25 heavy (non-hydrogen) atoms. The van der Waals surface area contributed by atoms with Gasteiger partial charge in [0.25, 0.3) is 0 Å². The molecule has 0 saturated carbocycles. The summed E-state index contributed by atoms with van der Waals surface area (Å²) in [4.78, 5) is 12.4. The van der Waals surface area contributed by atoms with Gasteiger partial charge in [0.05, 0.1) is 0 Å². The molecule has 3 aromatic rings. The molecule has 0 saturated heterocycles. The number of esters is 1. The van der Waals surface area contributed by atoms with Crippen LogP contribution in [0.1, 0.15) is 0 Å². The second-order valence-electron chi connectivity index (χ2n) is 5.76. The van der Waals surface area contributed by atoms with Crippen LogP contribution in [0.4, 0.5) is 0 Å². The fourth-order valence-corrected chi connectivity index (χ4v) is 7.74. The molecule has 0 aliphatic carbocycles. The van der Waals surface area contributed by atoms with Crippen LogP contribution in [0.15, 0.2) is 91.0 Å². The Hall–Kier alpha value is -1.96. The fraction of sp³-hybridized carbons (Fsp3) is 0.0952. The van der Waals surface area contributed by atoms with E-state index in [2.05, 4.69) is 36.4 Å². The molecule has 3 aromatic carbocycles. The number of ether oxygens (including phenoxy) is 1. The maximum absolute atomic E-state index is 12.4. The molecule has 0 atom stereocenters. The minimum atomic E-state index is -2.48. The van der Waals surface area contributed by atoms with Crippen LogP contribution in [-0.2, 0) is 9.53 Å². The van der Waals surface area contributed by atoms with E-state index in [0.29, 0.717) is 6.16 Å². The monoisotopic (exact) mass is 416 g/mol. The first kappa shape index (κ1) is 19.4. The average molecular weight is 417 g/mol. The molecular weight excluding hydrogens is 395 g/mol. The number of halogens is 1. The van der Waals surface area contributed by atoms with Gasteiger partial charge in [0.15, 0.2) is 0 Å². The third-order valence-electron chi connectivity index (χ3n) is 4.44. The van der Waals surface area contributed by atoms with Crippen LogP contribution in [0.25, 0.3) is 0 Å². The quantitative estimate of drug-likeness (QED) is 0.470. The van der Waals surface area contributed by atoms with Crippen molar-refractivity contribution in [2.75, 3.05) is 13.3 Å². The summed E-state index contributed by atoms with van der Waals surface area (Å²) in [5, 5.41) is 3.65. The molecule has 2 nitrogen and oxygen atoms in total. The van der Waals surface area contributed by atoms with Crippen molar-refractivity contribution in [1.29, 1.82) is 0 Å². The van der Waals surface area contributed by atoms with E-state index < -0.39 is 7.26 Å². The molecule has 0 N–H and O–H groups in total. The van der Waals surface area contributed by atoms with E-state index in [0.717, 1.165) is 0 Å². The molecule has 0 radical (unpaired) electrons. The van der Waals surface area contributed by atoms with Crippen molar-refractivity contribution in [2.24, 2.45) is 0 Å². The van der Waals surface area contributed by atoms with Crippen LogP contribution in [0, 0.1) is 0 Å². The number of methoxy groups -OCH3 is 1.